The lowest BCUT2D eigenvalue weighted by Gasteiger charge is -2.11. The van der Waals surface area contributed by atoms with Gasteiger partial charge in [0.15, 0.2) is 5.65 Å². The number of H-pyrrole nitrogens is 1. The van der Waals surface area contributed by atoms with Crippen LogP contribution in [0.5, 0.6) is 0 Å². The molecular weight excluding hydrogens is 437 g/mol. The number of pyridine rings is 1. The molecule has 1 aliphatic heterocycles. The van der Waals surface area contributed by atoms with Crippen molar-refractivity contribution in [3.63, 3.8) is 0 Å². The molecule has 3 N–H and O–H groups in total. The van der Waals surface area contributed by atoms with Gasteiger partial charge in [-0.25, -0.2) is 9.37 Å². The lowest BCUT2D eigenvalue weighted by Crippen LogP contribution is -2.24. The van der Waals surface area contributed by atoms with Crippen LogP contribution in [0.15, 0.2) is 35.0 Å². The maximum Gasteiger partial charge on any atom is 0.292 e. The van der Waals surface area contributed by atoms with Gasteiger partial charge >= 0.3 is 0 Å². The first-order chi connectivity index (χ1) is 16.3. The summed E-state index contributed by atoms with van der Waals surface area (Å²) in [5.74, 6) is -0.333. The normalized spacial score (nSPS) is 16.3. The number of aromatic nitrogens is 5. The number of hydrogen-bond acceptors (Lipinski definition) is 7. The van der Waals surface area contributed by atoms with Gasteiger partial charge in [-0.2, -0.15) is 10.1 Å². The fraction of sp³-hybridized carbons (Fsp3) is 0.375. The van der Waals surface area contributed by atoms with Gasteiger partial charge in [0.2, 0.25) is 5.89 Å². The van der Waals surface area contributed by atoms with E-state index in [9.17, 15) is 4.79 Å². The first-order valence-corrected chi connectivity index (χ1v) is 11.3. The average molecular weight is 464 g/mol. The highest BCUT2D eigenvalue weighted by molar-refractivity contribution is 5.95. The summed E-state index contributed by atoms with van der Waals surface area (Å²) in [6.07, 6.45) is 2.69. The van der Waals surface area contributed by atoms with Crippen molar-refractivity contribution < 1.29 is 13.7 Å². The second-order valence-corrected chi connectivity index (χ2v) is 9.55. The molecule has 1 aliphatic rings. The molecule has 0 radical (unpaired) electrons. The maximum absolute atomic E-state index is 15.0. The van der Waals surface area contributed by atoms with E-state index in [2.05, 4.69) is 36.0 Å². The van der Waals surface area contributed by atoms with E-state index in [4.69, 9.17) is 4.52 Å². The molecule has 1 fully saturated rings. The van der Waals surface area contributed by atoms with Crippen molar-refractivity contribution in [1.82, 2.24) is 36.0 Å². The second-order valence-electron chi connectivity index (χ2n) is 9.55. The van der Waals surface area contributed by atoms with Crippen LogP contribution in [0, 0.1) is 5.82 Å². The lowest BCUT2D eigenvalue weighted by atomic mass is 9.95. The van der Waals surface area contributed by atoms with Gasteiger partial charge in [0.1, 0.15) is 5.82 Å². The van der Waals surface area contributed by atoms with Crippen LogP contribution in [-0.4, -0.2) is 44.3 Å². The molecule has 1 aromatic carbocycles. The van der Waals surface area contributed by atoms with Crippen molar-refractivity contribution in [2.24, 2.45) is 0 Å². The van der Waals surface area contributed by atoms with E-state index in [1.54, 1.807) is 12.3 Å². The number of aromatic amines is 1. The van der Waals surface area contributed by atoms with Gasteiger partial charge in [-0.3, -0.25) is 9.89 Å². The van der Waals surface area contributed by atoms with Crippen LogP contribution < -0.4 is 10.6 Å². The molecule has 9 nitrogen and oxygen atoms in total. The predicted molar refractivity (Wildman–Crippen MR) is 124 cm³/mol. The molecule has 34 heavy (non-hydrogen) atoms. The highest BCUT2D eigenvalue weighted by Gasteiger charge is 2.25. The van der Waals surface area contributed by atoms with Gasteiger partial charge in [0.25, 0.3) is 11.7 Å². The number of rotatable bonds is 5. The molecule has 0 aliphatic carbocycles. The van der Waals surface area contributed by atoms with Crippen molar-refractivity contribution >= 4 is 16.9 Å². The van der Waals surface area contributed by atoms with Crippen molar-refractivity contribution in [3.05, 3.63) is 59.3 Å². The van der Waals surface area contributed by atoms with E-state index in [1.165, 1.54) is 6.07 Å². The van der Waals surface area contributed by atoms with E-state index in [0.717, 1.165) is 41.7 Å². The molecule has 176 valence electrons. The third-order valence-corrected chi connectivity index (χ3v) is 6.03. The van der Waals surface area contributed by atoms with Gasteiger partial charge in [-0.1, -0.05) is 38.1 Å². The lowest BCUT2D eigenvalue weighted by molar-refractivity contribution is 0.0937. The maximum atomic E-state index is 15.0. The molecule has 1 unspecified atom stereocenters. The van der Waals surface area contributed by atoms with E-state index >= 15 is 4.39 Å². The zero-order valence-corrected chi connectivity index (χ0v) is 19.3. The Bertz CT molecular complexity index is 1350. The summed E-state index contributed by atoms with van der Waals surface area (Å²) in [5, 5.41) is 18.2. The summed E-state index contributed by atoms with van der Waals surface area (Å²) in [7, 11) is 0. The molecule has 5 rings (SSSR count). The zero-order chi connectivity index (χ0) is 23.9. The second kappa shape index (κ2) is 8.60. The fourth-order valence-corrected chi connectivity index (χ4v) is 4.14. The Hall–Kier alpha value is -3.66. The molecule has 10 heteroatoms. The summed E-state index contributed by atoms with van der Waals surface area (Å²) in [6, 6.07) is 6.87. The third kappa shape index (κ3) is 4.16. The number of carbonyl (C=O) groups is 1. The Balaban J connectivity index is 1.36. The quantitative estimate of drug-likeness (QED) is 0.414. The average Bonchev–Trinajstić information content (AvgIpc) is 3.57. The largest absolute Gasteiger partial charge is 0.345 e. The molecule has 0 bridgehead atoms. The summed E-state index contributed by atoms with van der Waals surface area (Å²) < 4.78 is 20.2. The minimum absolute atomic E-state index is 0.000791. The molecule has 1 atom stereocenters. The summed E-state index contributed by atoms with van der Waals surface area (Å²) >= 11 is 0. The number of benzene rings is 1. The highest BCUT2D eigenvalue weighted by atomic mass is 19.1. The topological polar surface area (TPSA) is 122 Å². The van der Waals surface area contributed by atoms with Crippen LogP contribution in [0.4, 0.5) is 4.39 Å². The number of amides is 1. The zero-order valence-electron chi connectivity index (χ0n) is 19.3. The molecule has 0 spiro atoms. The van der Waals surface area contributed by atoms with Gasteiger partial charge in [-0.05, 0) is 36.2 Å². The van der Waals surface area contributed by atoms with Crippen molar-refractivity contribution in [2.75, 3.05) is 13.1 Å². The van der Waals surface area contributed by atoms with Crippen molar-refractivity contribution in [3.8, 4) is 11.1 Å². The SMILES string of the molecule is CC(C)(C)c1nc(C(=O)NCc2ccc(-c3ccnc4n[nH]c(C5CCNC5)c34)cc2F)no1. The number of hydrogen-bond donors (Lipinski definition) is 3. The Kier molecular flexibility index (Phi) is 5.60. The molecule has 0 saturated carbocycles. The highest BCUT2D eigenvalue weighted by Crippen LogP contribution is 2.34. The van der Waals surface area contributed by atoms with E-state index in [-0.39, 0.29) is 17.8 Å². The number of fused-ring (bicyclic) bond motifs is 1. The Labute approximate surface area is 195 Å². The first kappa shape index (κ1) is 22.1. The standard InChI is InChI=1S/C24H26FN7O2/c1-24(2,3)23-29-21(32-34-23)22(33)28-12-14-5-4-13(10-17(14)25)16-7-9-27-20-18(16)19(30-31-20)15-6-8-26-11-15/h4-5,7,9-10,15,26H,6,8,11-12H2,1-3H3,(H,28,33)(H,27,30,31). The van der Waals surface area contributed by atoms with Crippen molar-refractivity contribution in [1.29, 1.82) is 0 Å². The van der Waals surface area contributed by atoms with Gasteiger partial charge in [0.05, 0.1) is 5.39 Å². The van der Waals surface area contributed by atoms with E-state index < -0.39 is 11.7 Å². The predicted octanol–water partition coefficient (Wildman–Crippen LogP) is 3.45. The van der Waals surface area contributed by atoms with Crippen LogP contribution in [0.3, 0.4) is 0 Å². The van der Waals surface area contributed by atoms with Crippen LogP contribution in [0.25, 0.3) is 22.2 Å². The number of carbonyl (C=O) groups excluding carboxylic acids is 1. The number of nitrogens with zero attached hydrogens (tertiary/aromatic N) is 4. The van der Waals surface area contributed by atoms with Crippen LogP contribution in [0.2, 0.25) is 0 Å². The summed E-state index contributed by atoms with van der Waals surface area (Å²) in [6.45, 7) is 7.56. The van der Waals surface area contributed by atoms with Crippen LogP contribution in [0.1, 0.15) is 60.9 Å². The molecule has 1 saturated heterocycles. The van der Waals surface area contributed by atoms with Crippen LogP contribution in [-0.2, 0) is 12.0 Å². The molecule has 4 aromatic rings. The summed E-state index contributed by atoms with van der Waals surface area (Å²) in [5.41, 5.74) is 3.22. The smallest absolute Gasteiger partial charge is 0.292 e. The third-order valence-electron chi connectivity index (χ3n) is 6.03. The Morgan fingerprint density at radius 3 is 2.85 bits per heavy atom. The Morgan fingerprint density at radius 2 is 2.15 bits per heavy atom. The summed E-state index contributed by atoms with van der Waals surface area (Å²) in [4.78, 5) is 20.9. The van der Waals surface area contributed by atoms with Gasteiger partial charge in [0, 0.05) is 41.9 Å². The Morgan fingerprint density at radius 1 is 1.29 bits per heavy atom. The van der Waals surface area contributed by atoms with Gasteiger partial charge < -0.3 is 15.2 Å². The molecule has 3 aromatic heterocycles. The number of halogens is 1. The molecule has 1 amide bonds. The molecular formula is C24H26FN7O2. The fourth-order valence-electron chi connectivity index (χ4n) is 4.14. The number of nitrogens with one attached hydrogen (secondary N) is 3. The minimum Gasteiger partial charge on any atom is -0.345 e. The van der Waals surface area contributed by atoms with E-state index in [1.807, 2.05) is 32.9 Å². The minimum atomic E-state index is -0.521. The first-order valence-electron chi connectivity index (χ1n) is 11.3. The van der Waals surface area contributed by atoms with Crippen molar-refractivity contribution in [2.45, 2.75) is 45.1 Å². The van der Waals surface area contributed by atoms with Gasteiger partial charge in [-0.15, -0.1) is 0 Å². The molecule has 4 heterocycles. The van der Waals surface area contributed by atoms with E-state index in [0.29, 0.717) is 23.0 Å². The monoisotopic (exact) mass is 463 g/mol. The van der Waals surface area contributed by atoms with Crippen LogP contribution >= 0.6 is 0 Å².